The monoisotopic (exact) mass is 254 g/mol. The number of carbonyl (C=O) groups is 1. The molecular formula is C14H26N2O2. The van der Waals surface area contributed by atoms with Crippen molar-refractivity contribution in [1.82, 2.24) is 9.80 Å². The predicted octanol–water partition coefficient (Wildman–Crippen LogP) is 1.09. The van der Waals surface area contributed by atoms with E-state index in [0.29, 0.717) is 31.0 Å². The minimum absolute atomic E-state index is 0.296. The van der Waals surface area contributed by atoms with Crippen LogP contribution in [0.2, 0.25) is 0 Å². The Bertz CT molecular complexity index is 275. The van der Waals surface area contributed by atoms with E-state index in [0.717, 1.165) is 45.3 Å². The Morgan fingerprint density at radius 3 is 2.50 bits per heavy atom. The number of aliphatic hydroxyl groups is 1. The molecule has 2 aliphatic heterocycles. The van der Waals surface area contributed by atoms with Gasteiger partial charge in [-0.25, -0.2) is 0 Å². The first kappa shape index (κ1) is 13.8. The van der Waals surface area contributed by atoms with Crippen molar-refractivity contribution in [2.45, 2.75) is 45.1 Å². The molecule has 2 heterocycles. The van der Waals surface area contributed by atoms with E-state index in [9.17, 15) is 4.79 Å². The number of hydrogen-bond donors (Lipinski definition) is 1. The Morgan fingerprint density at radius 1 is 1.17 bits per heavy atom. The van der Waals surface area contributed by atoms with Crippen molar-refractivity contribution in [3.63, 3.8) is 0 Å². The highest BCUT2D eigenvalue weighted by atomic mass is 16.3. The lowest BCUT2D eigenvalue weighted by atomic mass is 9.98. The fraction of sp³-hybridized carbons (Fsp3) is 0.929. The summed E-state index contributed by atoms with van der Waals surface area (Å²) in [5.74, 6) is 0.745. The standard InChI is InChI=1S/C14H26N2O2/c1-12-4-2-3-7-16(12)14(18)10-15-8-5-13(11-17)6-9-15/h12-13,17H,2-11H2,1H3. The van der Waals surface area contributed by atoms with Crippen LogP contribution in [0, 0.1) is 5.92 Å². The average Bonchev–Trinajstić information content (AvgIpc) is 2.40. The Labute approximate surface area is 110 Å². The maximum absolute atomic E-state index is 12.3. The van der Waals surface area contributed by atoms with Crippen molar-refractivity contribution < 1.29 is 9.90 Å². The van der Waals surface area contributed by atoms with Crippen molar-refractivity contribution >= 4 is 5.91 Å². The first-order valence-electron chi connectivity index (χ1n) is 7.33. The van der Waals surface area contributed by atoms with Gasteiger partial charge in [0.2, 0.25) is 5.91 Å². The van der Waals surface area contributed by atoms with Gasteiger partial charge in [0.05, 0.1) is 6.54 Å². The molecule has 0 radical (unpaired) electrons. The van der Waals surface area contributed by atoms with E-state index in [4.69, 9.17) is 5.11 Å². The van der Waals surface area contributed by atoms with Crippen LogP contribution in [0.15, 0.2) is 0 Å². The van der Waals surface area contributed by atoms with Gasteiger partial charge in [0.25, 0.3) is 0 Å². The summed E-state index contributed by atoms with van der Waals surface area (Å²) in [6.07, 6.45) is 5.62. The van der Waals surface area contributed by atoms with E-state index in [1.165, 1.54) is 6.42 Å². The Kier molecular flexibility index (Phi) is 5.01. The molecular weight excluding hydrogens is 228 g/mol. The zero-order chi connectivity index (χ0) is 13.0. The smallest absolute Gasteiger partial charge is 0.236 e. The van der Waals surface area contributed by atoms with Crippen LogP contribution >= 0.6 is 0 Å². The lowest BCUT2D eigenvalue weighted by molar-refractivity contribution is -0.136. The maximum Gasteiger partial charge on any atom is 0.236 e. The predicted molar refractivity (Wildman–Crippen MR) is 71.3 cm³/mol. The summed E-state index contributed by atoms with van der Waals surface area (Å²) < 4.78 is 0. The maximum atomic E-state index is 12.3. The molecule has 104 valence electrons. The normalized spacial score (nSPS) is 27.4. The van der Waals surface area contributed by atoms with Crippen molar-refractivity contribution in [2.24, 2.45) is 5.92 Å². The molecule has 0 aromatic heterocycles. The van der Waals surface area contributed by atoms with Crippen LogP contribution in [-0.4, -0.2) is 59.6 Å². The van der Waals surface area contributed by atoms with E-state index < -0.39 is 0 Å². The van der Waals surface area contributed by atoms with Crippen molar-refractivity contribution in [3.05, 3.63) is 0 Å². The molecule has 1 N–H and O–H groups in total. The first-order chi connectivity index (χ1) is 8.70. The van der Waals surface area contributed by atoms with E-state index >= 15 is 0 Å². The van der Waals surface area contributed by atoms with Crippen molar-refractivity contribution in [2.75, 3.05) is 32.8 Å². The molecule has 0 bridgehead atoms. The molecule has 0 aromatic carbocycles. The minimum Gasteiger partial charge on any atom is -0.396 e. The second-order valence-electron chi connectivity index (χ2n) is 5.83. The van der Waals surface area contributed by atoms with Gasteiger partial charge in [0, 0.05) is 19.2 Å². The lowest BCUT2D eigenvalue weighted by Gasteiger charge is -2.36. The van der Waals surface area contributed by atoms with Gasteiger partial charge in [0.1, 0.15) is 0 Å². The zero-order valence-corrected chi connectivity index (χ0v) is 11.5. The number of nitrogens with zero attached hydrogens (tertiary/aromatic N) is 2. The van der Waals surface area contributed by atoms with E-state index in [1.54, 1.807) is 0 Å². The SMILES string of the molecule is CC1CCCCN1C(=O)CN1CCC(CO)CC1. The van der Waals surface area contributed by atoms with Crippen LogP contribution < -0.4 is 0 Å². The van der Waals surface area contributed by atoms with Crippen LogP contribution in [0.4, 0.5) is 0 Å². The number of aliphatic hydroxyl groups excluding tert-OH is 1. The third-order valence-electron chi connectivity index (χ3n) is 4.45. The van der Waals surface area contributed by atoms with Crippen molar-refractivity contribution in [3.8, 4) is 0 Å². The highest BCUT2D eigenvalue weighted by Crippen LogP contribution is 2.19. The quantitative estimate of drug-likeness (QED) is 0.820. The lowest BCUT2D eigenvalue weighted by Crippen LogP contribution is -2.48. The summed E-state index contributed by atoms with van der Waals surface area (Å²) in [6, 6.07) is 0.418. The summed E-state index contributed by atoms with van der Waals surface area (Å²) in [5, 5.41) is 9.10. The Morgan fingerprint density at radius 2 is 1.89 bits per heavy atom. The van der Waals surface area contributed by atoms with Crippen LogP contribution in [0.1, 0.15) is 39.0 Å². The van der Waals surface area contributed by atoms with E-state index in [-0.39, 0.29) is 0 Å². The molecule has 4 heteroatoms. The van der Waals surface area contributed by atoms with Crippen LogP contribution in [0.25, 0.3) is 0 Å². The summed E-state index contributed by atoms with van der Waals surface area (Å²) >= 11 is 0. The molecule has 18 heavy (non-hydrogen) atoms. The number of piperidine rings is 2. The fourth-order valence-electron chi connectivity index (χ4n) is 3.08. The Hall–Kier alpha value is -0.610. The highest BCUT2D eigenvalue weighted by molar-refractivity contribution is 5.78. The number of hydrogen-bond acceptors (Lipinski definition) is 3. The molecule has 1 amide bonds. The van der Waals surface area contributed by atoms with Gasteiger partial charge >= 0.3 is 0 Å². The topological polar surface area (TPSA) is 43.8 Å². The summed E-state index contributed by atoms with van der Waals surface area (Å²) in [6.45, 7) is 5.88. The van der Waals surface area contributed by atoms with E-state index in [2.05, 4.69) is 16.7 Å². The Balaban J connectivity index is 1.77. The molecule has 2 aliphatic rings. The molecule has 1 atom stereocenters. The van der Waals surface area contributed by atoms with Gasteiger partial charge in [-0.05, 0) is 58.0 Å². The van der Waals surface area contributed by atoms with Crippen LogP contribution in [0.5, 0.6) is 0 Å². The van der Waals surface area contributed by atoms with Gasteiger partial charge in [-0.2, -0.15) is 0 Å². The summed E-state index contributed by atoms with van der Waals surface area (Å²) in [7, 11) is 0. The second kappa shape index (κ2) is 6.53. The second-order valence-corrected chi connectivity index (χ2v) is 5.83. The zero-order valence-electron chi connectivity index (χ0n) is 11.5. The average molecular weight is 254 g/mol. The summed E-state index contributed by atoms with van der Waals surface area (Å²) in [5.41, 5.74) is 0. The first-order valence-corrected chi connectivity index (χ1v) is 7.33. The van der Waals surface area contributed by atoms with Gasteiger partial charge in [-0.1, -0.05) is 0 Å². The van der Waals surface area contributed by atoms with Crippen LogP contribution in [-0.2, 0) is 4.79 Å². The number of amides is 1. The van der Waals surface area contributed by atoms with Crippen molar-refractivity contribution in [1.29, 1.82) is 0 Å². The molecule has 2 saturated heterocycles. The molecule has 0 aromatic rings. The summed E-state index contributed by atoms with van der Waals surface area (Å²) in [4.78, 5) is 16.6. The van der Waals surface area contributed by atoms with Gasteiger partial charge in [0.15, 0.2) is 0 Å². The molecule has 2 fully saturated rings. The van der Waals surface area contributed by atoms with Gasteiger partial charge < -0.3 is 10.0 Å². The van der Waals surface area contributed by atoms with E-state index in [1.807, 2.05) is 0 Å². The number of carbonyl (C=O) groups excluding carboxylic acids is 1. The largest absolute Gasteiger partial charge is 0.396 e. The third-order valence-corrected chi connectivity index (χ3v) is 4.45. The fourth-order valence-corrected chi connectivity index (χ4v) is 3.08. The van der Waals surface area contributed by atoms with Gasteiger partial charge in [-0.15, -0.1) is 0 Å². The molecule has 0 saturated carbocycles. The number of likely N-dealkylation sites (tertiary alicyclic amines) is 2. The molecule has 4 nitrogen and oxygen atoms in total. The molecule has 0 spiro atoms. The highest BCUT2D eigenvalue weighted by Gasteiger charge is 2.26. The molecule has 1 unspecified atom stereocenters. The number of rotatable bonds is 3. The molecule has 2 rings (SSSR count). The minimum atomic E-state index is 0.296. The van der Waals surface area contributed by atoms with Gasteiger partial charge in [-0.3, -0.25) is 9.69 Å². The van der Waals surface area contributed by atoms with Crippen LogP contribution in [0.3, 0.4) is 0 Å². The molecule has 0 aliphatic carbocycles. The third kappa shape index (κ3) is 3.45.